The molecular weight excluding hydrogens is 280 g/mol. The van der Waals surface area contributed by atoms with Crippen molar-refractivity contribution in [3.63, 3.8) is 0 Å². The second-order valence-electron chi connectivity index (χ2n) is 5.84. The van der Waals surface area contributed by atoms with Crippen molar-refractivity contribution >= 4 is 11.3 Å². The molecule has 1 saturated heterocycles. The number of likely N-dealkylation sites (tertiary alicyclic amines) is 1. The third-order valence-electron chi connectivity index (χ3n) is 4.25. The van der Waals surface area contributed by atoms with Crippen LogP contribution >= 0.6 is 11.3 Å². The van der Waals surface area contributed by atoms with Gasteiger partial charge in [0.15, 0.2) is 0 Å². The van der Waals surface area contributed by atoms with Gasteiger partial charge in [-0.2, -0.15) is 0 Å². The molecule has 114 valence electrons. The number of furan rings is 1. The van der Waals surface area contributed by atoms with E-state index in [1.54, 1.807) is 6.26 Å². The maximum atomic E-state index is 5.66. The van der Waals surface area contributed by atoms with Crippen molar-refractivity contribution in [3.05, 3.63) is 45.5 Å². The molecule has 2 aromatic heterocycles. The number of thiophene rings is 1. The second kappa shape index (κ2) is 6.77. The molecule has 1 fully saturated rings. The summed E-state index contributed by atoms with van der Waals surface area (Å²) in [5, 5.41) is 3.63. The summed E-state index contributed by atoms with van der Waals surface area (Å²) in [6, 6.07) is 6.75. The highest BCUT2D eigenvalue weighted by atomic mass is 32.1. The van der Waals surface area contributed by atoms with Crippen LogP contribution in [0.2, 0.25) is 0 Å². The summed E-state index contributed by atoms with van der Waals surface area (Å²) in [5.74, 6) is 1.09. The van der Waals surface area contributed by atoms with Gasteiger partial charge in [-0.15, -0.1) is 11.3 Å². The Bertz CT molecular complexity index is 555. The smallest absolute Gasteiger partial charge is 0.122 e. The molecule has 1 unspecified atom stereocenters. The van der Waals surface area contributed by atoms with Gasteiger partial charge in [-0.1, -0.05) is 0 Å². The van der Waals surface area contributed by atoms with Crippen LogP contribution in [0.25, 0.3) is 0 Å². The summed E-state index contributed by atoms with van der Waals surface area (Å²) in [6.07, 6.45) is 4.39. The predicted octanol–water partition coefficient (Wildman–Crippen LogP) is 3.88. The van der Waals surface area contributed by atoms with E-state index in [9.17, 15) is 0 Å². The zero-order chi connectivity index (χ0) is 14.7. The first-order valence-electron chi connectivity index (χ1n) is 7.78. The van der Waals surface area contributed by atoms with Crippen molar-refractivity contribution in [1.82, 2.24) is 10.2 Å². The van der Waals surface area contributed by atoms with Crippen molar-refractivity contribution < 1.29 is 4.42 Å². The SMILES string of the molecule is Cc1cc(CNCC(c2ccco2)N2CCCC2)c(C)s1. The summed E-state index contributed by atoms with van der Waals surface area (Å²) in [6.45, 7) is 8.65. The van der Waals surface area contributed by atoms with E-state index < -0.39 is 0 Å². The second-order valence-corrected chi connectivity index (χ2v) is 7.30. The molecule has 0 saturated carbocycles. The van der Waals surface area contributed by atoms with Crippen LogP contribution in [0.4, 0.5) is 0 Å². The lowest BCUT2D eigenvalue weighted by Crippen LogP contribution is -2.33. The van der Waals surface area contributed by atoms with Gasteiger partial charge in [-0.05, 0) is 63.5 Å². The van der Waals surface area contributed by atoms with Crippen LogP contribution in [0.5, 0.6) is 0 Å². The molecule has 0 radical (unpaired) electrons. The van der Waals surface area contributed by atoms with Gasteiger partial charge in [-0.3, -0.25) is 4.90 Å². The van der Waals surface area contributed by atoms with E-state index in [1.165, 1.54) is 41.2 Å². The van der Waals surface area contributed by atoms with Crippen molar-refractivity contribution in [1.29, 1.82) is 0 Å². The molecule has 3 heterocycles. The quantitative estimate of drug-likeness (QED) is 0.878. The summed E-state index contributed by atoms with van der Waals surface area (Å²) in [5.41, 5.74) is 1.43. The first-order valence-corrected chi connectivity index (χ1v) is 8.60. The normalized spacial score (nSPS) is 17.4. The van der Waals surface area contributed by atoms with Crippen molar-refractivity contribution in [2.24, 2.45) is 0 Å². The largest absolute Gasteiger partial charge is 0.468 e. The molecule has 0 spiro atoms. The van der Waals surface area contributed by atoms with E-state index in [-0.39, 0.29) is 0 Å². The van der Waals surface area contributed by atoms with Crippen LogP contribution in [-0.4, -0.2) is 24.5 Å². The van der Waals surface area contributed by atoms with Gasteiger partial charge in [0.25, 0.3) is 0 Å². The minimum Gasteiger partial charge on any atom is -0.468 e. The van der Waals surface area contributed by atoms with Crippen LogP contribution in [0.1, 0.15) is 40.0 Å². The maximum absolute atomic E-state index is 5.66. The Kier molecular flexibility index (Phi) is 4.78. The molecule has 1 aliphatic heterocycles. The van der Waals surface area contributed by atoms with Gasteiger partial charge >= 0.3 is 0 Å². The third-order valence-corrected chi connectivity index (χ3v) is 5.26. The Hall–Kier alpha value is -1.10. The lowest BCUT2D eigenvalue weighted by atomic mass is 10.2. The van der Waals surface area contributed by atoms with E-state index >= 15 is 0 Å². The fraction of sp³-hybridized carbons (Fsp3) is 0.529. The van der Waals surface area contributed by atoms with E-state index in [0.29, 0.717) is 6.04 Å². The van der Waals surface area contributed by atoms with E-state index in [2.05, 4.69) is 36.2 Å². The highest BCUT2D eigenvalue weighted by Gasteiger charge is 2.25. The van der Waals surface area contributed by atoms with Gasteiger partial charge in [0, 0.05) is 22.8 Å². The monoisotopic (exact) mass is 304 g/mol. The number of nitrogens with one attached hydrogen (secondary N) is 1. The number of rotatable bonds is 6. The number of hydrogen-bond donors (Lipinski definition) is 1. The fourth-order valence-electron chi connectivity index (χ4n) is 3.15. The number of hydrogen-bond acceptors (Lipinski definition) is 4. The molecule has 0 amide bonds. The zero-order valence-corrected chi connectivity index (χ0v) is 13.7. The molecular formula is C17H24N2OS. The molecule has 3 rings (SSSR count). The minimum absolute atomic E-state index is 0.363. The van der Waals surface area contributed by atoms with Crippen LogP contribution in [-0.2, 0) is 6.54 Å². The zero-order valence-electron chi connectivity index (χ0n) is 12.9. The molecule has 4 heteroatoms. The lowest BCUT2D eigenvalue weighted by molar-refractivity contribution is 0.209. The van der Waals surface area contributed by atoms with Crippen molar-refractivity contribution in [2.75, 3.05) is 19.6 Å². The van der Waals surface area contributed by atoms with Gasteiger partial charge in [0.05, 0.1) is 12.3 Å². The highest BCUT2D eigenvalue weighted by Crippen LogP contribution is 2.25. The van der Waals surface area contributed by atoms with E-state index in [1.807, 2.05) is 17.4 Å². The lowest BCUT2D eigenvalue weighted by Gasteiger charge is -2.26. The van der Waals surface area contributed by atoms with Crippen molar-refractivity contribution in [2.45, 2.75) is 39.3 Å². The highest BCUT2D eigenvalue weighted by molar-refractivity contribution is 7.12. The molecule has 0 aromatic carbocycles. The first-order chi connectivity index (χ1) is 10.2. The fourth-order valence-corrected chi connectivity index (χ4v) is 4.09. The molecule has 0 aliphatic carbocycles. The molecule has 1 aliphatic rings. The van der Waals surface area contributed by atoms with Gasteiger partial charge in [-0.25, -0.2) is 0 Å². The Morgan fingerprint density at radius 3 is 2.76 bits per heavy atom. The first kappa shape index (κ1) is 14.8. The van der Waals surface area contributed by atoms with E-state index in [4.69, 9.17) is 4.42 Å². The van der Waals surface area contributed by atoms with E-state index in [0.717, 1.165) is 18.8 Å². The van der Waals surface area contributed by atoms with Crippen LogP contribution < -0.4 is 5.32 Å². The van der Waals surface area contributed by atoms with Gasteiger partial charge < -0.3 is 9.73 Å². The summed E-state index contributed by atoms with van der Waals surface area (Å²) in [4.78, 5) is 5.36. The molecule has 2 aromatic rings. The minimum atomic E-state index is 0.363. The molecule has 1 N–H and O–H groups in total. The number of aryl methyl sites for hydroxylation is 2. The maximum Gasteiger partial charge on any atom is 0.122 e. The molecule has 3 nitrogen and oxygen atoms in total. The van der Waals surface area contributed by atoms with Gasteiger partial charge in [0.2, 0.25) is 0 Å². The Morgan fingerprint density at radius 2 is 2.14 bits per heavy atom. The standard InChI is InChI=1S/C17H24N2OS/c1-13-10-15(14(2)21-13)11-18-12-16(17-6-5-9-20-17)19-7-3-4-8-19/h5-6,9-10,16,18H,3-4,7-8,11-12H2,1-2H3. The predicted molar refractivity (Wildman–Crippen MR) is 87.8 cm³/mol. The topological polar surface area (TPSA) is 28.4 Å². The summed E-state index contributed by atoms with van der Waals surface area (Å²) >= 11 is 1.88. The van der Waals surface area contributed by atoms with Crippen LogP contribution in [0.15, 0.2) is 28.9 Å². The molecule has 21 heavy (non-hydrogen) atoms. The molecule has 0 bridgehead atoms. The summed E-state index contributed by atoms with van der Waals surface area (Å²) in [7, 11) is 0. The Morgan fingerprint density at radius 1 is 1.33 bits per heavy atom. The van der Waals surface area contributed by atoms with Crippen LogP contribution in [0, 0.1) is 13.8 Å². The Labute approximate surface area is 131 Å². The van der Waals surface area contributed by atoms with Crippen molar-refractivity contribution in [3.8, 4) is 0 Å². The van der Waals surface area contributed by atoms with Crippen LogP contribution in [0.3, 0.4) is 0 Å². The third kappa shape index (κ3) is 3.57. The average molecular weight is 304 g/mol. The average Bonchev–Trinajstić information content (AvgIpc) is 3.17. The number of nitrogens with zero attached hydrogens (tertiary/aromatic N) is 1. The Balaban J connectivity index is 1.61. The summed E-state index contributed by atoms with van der Waals surface area (Å²) < 4.78 is 5.66. The van der Waals surface area contributed by atoms with Gasteiger partial charge in [0.1, 0.15) is 5.76 Å². The molecule has 1 atom stereocenters.